The Morgan fingerprint density at radius 2 is 1.80 bits per heavy atom. The number of nitrogens with one attached hydrogen (secondary N) is 2. The first kappa shape index (κ1) is 16.5. The van der Waals surface area contributed by atoms with E-state index in [9.17, 15) is 8.42 Å². The first-order valence-electron chi connectivity index (χ1n) is 6.82. The van der Waals surface area contributed by atoms with Gasteiger partial charge in [0.2, 0.25) is 0 Å². The van der Waals surface area contributed by atoms with Gasteiger partial charge in [0.25, 0.3) is 0 Å². The van der Waals surface area contributed by atoms with Crippen molar-refractivity contribution in [3.8, 4) is 0 Å². The molecule has 0 fully saturated rings. The fourth-order valence-electron chi connectivity index (χ4n) is 1.65. The molecule has 0 aromatic heterocycles. The summed E-state index contributed by atoms with van der Waals surface area (Å²) in [5.74, 6) is 0.688. The van der Waals surface area contributed by atoms with E-state index in [-0.39, 0.29) is 5.75 Å². The molecule has 5 nitrogen and oxygen atoms in total. The minimum absolute atomic E-state index is 0.0471. The van der Waals surface area contributed by atoms with Gasteiger partial charge < -0.3 is 10.6 Å². The van der Waals surface area contributed by atoms with Crippen LogP contribution >= 0.6 is 0 Å². The predicted octanol–water partition coefficient (Wildman–Crippen LogP) is 1.43. The van der Waals surface area contributed by atoms with Crippen LogP contribution in [0, 0.1) is 0 Å². The molecule has 0 saturated heterocycles. The molecule has 20 heavy (non-hydrogen) atoms. The number of sulfone groups is 1. The van der Waals surface area contributed by atoms with E-state index in [0.717, 1.165) is 19.4 Å². The molecule has 0 radical (unpaired) electrons. The summed E-state index contributed by atoms with van der Waals surface area (Å²) in [5, 5.41) is 6.15. The molecule has 0 amide bonds. The molecule has 1 aromatic carbocycles. The maximum atomic E-state index is 12.1. The number of rotatable bonds is 7. The molecule has 0 aliphatic carbocycles. The van der Waals surface area contributed by atoms with Crippen molar-refractivity contribution in [2.45, 2.75) is 24.7 Å². The third-order valence-corrected chi connectivity index (χ3v) is 4.54. The molecular weight excluding hydrogens is 274 g/mol. The molecule has 112 valence electrons. The lowest BCUT2D eigenvalue weighted by molar-refractivity contribution is 0.594. The van der Waals surface area contributed by atoms with Crippen molar-refractivity contribution in [2.24, 2.45) is 4.99 Å². The maximum absolute atomic E-state index is 12.1. The monoisotopic (exact) mass is 297 g/mol. The Balaban J connectivity index is 2.43. The van der Waals surface area contributed by atoms with Gasteiger partial charge in [0, 0.05) is 20.1 Å². The van der Waals surface area contributed by atoms with Crippen LogP contribution in [0.5, 0.6) is 0 Å². The molecule has 1 rings (SSSR count). The number of guanidine groups is 1. The van der Waals surface area contributed by atoms with E-state index in [1.165, 1.54) is 0 Å². The highest BCUT2D eigenvalue weighted by atomic mass is 32.2. The lowest BCUT2D eigenvalue weighted by Crippen LogP contribution is -2.39. The van der Waals surface area contributed by atoms with E-state index in [1.807, 2.05) is 0 Å². The molecular formula is C14H23N3O2S. The van der Waals surface area contributed by atoms with Gasteiger partial charge in [0.05, 0.1) is 10.6 Å². The summed E-state index contributed by atoms with van der Waals surface area (Å²) >= 11 is 0. The second-order valence-corrected chi connectivity index (χ2v) is 6.52. The summed E-state index contributed by atoms with van der Waals surface area (Å²) in [7, 11) is -1.56. The molecule has 6 heteroatoms. The highest BCUT2D eigenvalue weighted by Crippen LogP contribution is 2.09. The fraction of sp³-hybridized carbons (Fsp3) is 0.500. The summed E-state index contributed by atoms with van der Waals surface area (Å²) in [4.78, 5) is 4.41. The summed E-state index contributed by atoms with van der Waals surface area (Å²) in [6.45, 7) is 3.29. The zero-order valence-corrected chi connectivity index (χ0v) is 12.9. The molecule has 2 N–H and O–H groups in total. The van der Waals surface area contributed by atoms with Crippen LogP contribution in [-0.4, -0.2) is 40.3 Å². The molecule has 0 aliphatic heterocycles. The van der Waals surface area contributed by atoms with Crippen LogP contribution in [0.25, 0.3) is 0 Å². The Hall–Kier alpha value is -1.56. The third kappa shape index (κ3) is 5.61. The molecule has 0 spiro atoms. The van der Waals surface area contributed by atoms with Gasteiger partial charge in [-0.3, -0.25) is 4.99 Å². The highest BCUT2D eigenvalue weighted by molar-refractivity contribution is 7.91. The number of aliphatic imine (C=N–C) groups is 1. The Kier molecular flexibility index (Phi) is 7.08. The normalized spacial score (nSPS) is 12.2. The van der Waals surface area contributed by atoms with Gasteiger partial charge in [-0.15, -0.1) is 0 Å². The lowest BCUT2D eigenvalue weighted by Gasteiger charge is -2.11. The third-order valence-electron chi connectivity index (χ3n) is 2.81. The van der Waals surface area contributed by atoms with Gasteiger partial charge in [-0.2, -0.15) is 0 Å². The van der Waals surface area contributed by atoms with E-state index in [1.54, 1.807) is 37.4 Å². The molecule has 0 heterocycles. The van der Waals surface area contributed by atoms with Crippen LogP contribution in [0.2, 0.25) is 0 Å². The highest BCUT2D eigenvalue weighted by Gasteiger charge is 2.13. The molecule has 1 aromatic rings. The van der Waals surface area contributed by atoms with Gasteiger partial charge in [-0.1, -0.05) is 31.5 Å². The molecule has 0 saturated carbocycles. The van der Waals surface area contributed by atoms with Crippen molar-refractivity contribution in [1.29, 1.82) is 0 Å². The topological polar surface area (TPSA) is 70.6 Å². The average molecular weight is 297 g/mol. The van der Waals surface area contributed by atoms with Gasteiger partial charge in [0.15, 0.2) is 15.8 Å². The van der Waals surface area contributed by atoms with E-state index in [2.05, 4.69) is 22.5 Å². The Morgan fingerprint density at radius 1 is 1.15 bits per heavy atom. The Morgan fingerprint density at radius 3 is 2.40 bits per heavy atom. The Bertz CT molecular complexity index is 512. The smallest absolute Gasteiger partial charge is 0.191 e. The van der Waals surface area contributed by atoms with Crippen molar-refractivity contribution < 1.29 is 8.42 Å². The minimum Gasteiger partial charge on any atom is -0.356 e. The number of benzene rings is 1. The molecule has 0 bridgehead atoms. The van der Waals surface area contributed by atoms with Crippen molar-refractivity contribution in [3.63, 3.8) is 0 Å². The fourth-order valence-corrected chi connectivity index (χ4v) is 2.83. The second kappa shape index (κ2) is 8.58. The van der Waals surface area contributed by atoms with E-state index in [0.29, 0.717) is 17.4 Å². The van der Waals surface area contributed by atoms with E-state index >= 15 is 0 Å². The average Bonchev–Trinajstić information content (AvgIpc) is 2.46. The van der Waals surface area contributed by atoms with Crippen LogP contribution in [0.15, 0.2) is 40.2 Å². The van der Waals surface area contributed by atoms with Crippen molar-refractivity contribution in [3.05, 3.63) is 30.3 Å². The maximum Gasteiger partial charge on any atom is 0.191 e. The minimum atomic E-state index is -3.23. The Labute approximate surface area is 121 Å². The standard InChI is InChI=1S/C14H23N3O2S/c1-3-4-10-16-14(15-2)17-11-12-20(18,19)13-8-6-5-7-9-13/h5-9H,3-4,10-12H2,1-2H3,(H2,15,16,17). The SMILES string of the molecule is CCCCNC(=NC)NCCS(=O)(=O)c1ccccc1. The molecule has 0 atom stereocenters. The summed E-state index contributed by atoms with van der Waals surface area (Å²) in [6.07, 6.45) is 2.16. The van der Waals surface area contributed by atoms with Crippen LogP contribution in [0.3, 0.4) is 0 Å². The first-order chi connectivity index (χ1) is 9.60. The van der Waals surface area contributed by atoms with Crippen molar-refractivity contribution >= 4 is 15.8 Å². The predicted molar refractivity (Wildman–Crippen MR) is 82.8 cm³/mol. The zero-order chi connectivity index (χ0) is 14.8. The summed E-state index contributed by atoms with van der Waals surface area (Å²) < 4.78 is 24.1. The van der Waals surface area contributed by atoms with Crippen LogP contribution < -0.4 is 10.6 Å². The van der Waals surface area contributed by atoms with Gasteiger partial charge in [-0.25, -0.2) is 8.42 Å². The van der Waals surface area contributed by atoms with Gasteiger partial charge in [0.1, 0.15) is 0 Å². The molecule has 0 aliphatic rings. The summed E-state index contributed by atoms with van der Waals surface area (Å²) in [6, 6.07) is 8.49. The molecule has 0 unspecified atom stereocenters. The van der Waals surface area contributed by atoms with Crippen LogP contribution in [-0.2, 0) is 9.84 Å². The van der Waals surface area contributed by atoms with E-state index < -0.39 is 9.84 Å². The number of nitrogens with zero attached hydrogens (tertiary/aromatic N) is 1. The quantitative estimate of drug-likeness (QED) is 0.454. The number of hydrogen-bond acceptors (Lipinski definition) is 3. The summed E-state index contributed by atoms with van der Waals surface area (Å²) in [5.41, 5.74) is 0. The van der Waals surface area contributed by atoms with Crippen molar-refractivity contribution in [1.82, 2.24) is 10.6 Å². The largest absolute Gasteiger partial charge is 0.356 e. The zero-order valence-electron chi connectivity index (χ0n) is 12.1. The number of hydrogen-bond donors (Lipinski definition) is 2. The first-order valence-corrected chi connectivity index (χ1v) is 8.47. The van der Waals surface area contributed by atoms with Gasteiger partial charge in [-0.05, 0) is 18.6 Å². The van der Waals surface area contributed by atoms with Crippen molar-refractivity contribution in [2.75, 3.05) is 25.9 Å². The lowest BCUT2D eigenvalue weighted by atomic mass is 10.3. The van der Waals surface area contributed by atoms with Crippen LogP contribution in [0.4, 0.5) is 0 Å². The number of unbranched alkanes of at least 4 members (excludes halogenated alkanes) is 1. The van der Waals surface area contributed by atoms with Crippen LogP contribution in [0.1, 0.15) is 19.8 Å². The second-order valence-electron chi connectivity index (χ2n) is 4.41. The van der Waals surface area contributed by atoms with Gasteiger partial charge >= 0.3 is 0 Å². The van der Waals surface area contributed by atoms with E-state index in [4.69, 9.17) is 0 Å².